The van der Waals surface area contributed by atoms with Crippen LogP contribution < -0.4 is 10.6 Å². The van der Waals surface area contributed by atoms with Crippen LogP contribution in [0.25, 0.3) is 0 Å². The number of aryl methyl sites for hydroxylation is 1. The fraction of sp³-hybridized carbons (Fsp3) is 0.556. The van der Waals surface area contributed by atoms with Gasteiger partial charge >= 0.3 is 0 Å². The molecule has 2 heterocycles. The van der Waals surface area contributed by atoms with Gasteiger partial charge in [-0.3, -0.25) is 9.59 Å². The van der Waals surface area contributed by atoms with Crippen molar-refractivity contribution in [3.8, 4) is 0 Å². The van der Waals surface area contributed by atoms with E-state index >= 15 is 0 Å². The first-order valence-electron chi connectivity index (χ1n) is 8.52. The molecule has 0 spiro atoms. The summed E-state index contributed by atoms with van der Waals surface area (Å²) in [5, 5.41) is 0. The summed E-state index contributed by atoms with van der Waals surface area (Å²) in [5.41, 5.74) is 8.03. The summed E-state index contributed by atoms with van der Waals surface area (Å²) in [6.45, 7) is 4.03. The lowest BCUT2D eigenvalue weighted by atomic mass is 10.0. The topological polar surface area (TPSA) is 66.6 Å². The molecular formula is C18H25N3O2. The predicted molar refractivity (Wildman–Crippen MR) is 90.1 cm³/mol. The molecule has 0 saturated carbocycles. The number of anilines is 1. The molecule has 3 rings (SSSR count). The lowest BCUT2D eigenvalue weighted by Crippen LogP contribution is -2.45. The number of benzene rings is 1. The van der Waals surface area contributed by atoms with Gasteiger partial charge in [0.2, 0.25) is 11.8 Å². The molecule has 2 amide bonds. The minimum Gasteiger partial charge on any atom is -0.342 e. The van der Waals surface area contributed by atoms with Gasteiger partial charge in [0, 0.05) is 37.8 Å². The normalized spacial score (nSPS) is 22.7. The van der Waals surface area contributed by atoms with E-state index in [4.69, 9.17) is 5.73 Å². The summed E-state index contributed by atoms with van der Waals surface area (Å²) in [4.78, 5) is 28.6. The van der Waals surface area contributed by atoms with Crippen molar-refractivity contribution in [2.75, 3.05) is 24.5 Å². The molecule has 2 aliphatic rings. The Morgan fingerprint density at radius 3 is 2.48 bits per heavy atom. The largest absolute Gasteiger partial charge is 0.342 e. The molecule has 5 nitrogen and oxygen atoms in total. The minimum atomic E-state index is -0.220. The molecule has 1 aromatic rings. The van der Waals surface area contributed by atoms with Crippen LogP contribution in [0.1, 0.15) is 31.7 Å². The quantitative estimate of drug-likeness (QED) is 0.920. The highest BCUT2D eigenvalue weighted by molar-refractivity contribution is 6.00. The van der Waals surface area contributed by atoms with E-state index in [2.05, 4.69) is 6.92 Å². The molecule has 2 saturated heterocycles. The van der Waals surface area contributed by atoms with E-state index in [1.165, 1.54) is 5.56 Å². The smallest absolute Gasteiger partial charge is 0.228 e. The van der Waals surface area contributed by atoms with Crippen molar-refractivity contribution in [2.24, 2.45) is 11.7 Å². The molecule has 0 bridgehead atoms. The van der Waals surface area contributed by atoms with Gasteiger partial charge in [-0.15, -0.1) is 0 Å². The zero-order valence-electron chi connectivity index (χ0n) is 13.7. The Balaban J connectivity index is 1.65. The predicted octanol–water partition coefficient (Wildman–Crippen LogP) is 1.55. The number of carbonyl (C=O) groups is 2. The Labute approximate surface area is 137 Å². The van der Waals surface area contributed by atoms with Gasteiger partial charge in [0.1, 0.15) is 0 Å². The van der Waals surface area contributed by atoms with Crippen molar-refractivity contribution in [3.63, 3.8) is 0 Å². The molecule has 5 heteroatoms. The Bertz CT molecular complexity index is 576. The van der Waals surface area contributed by atoms with Gasteiger partial charge in [-0.05, 0) is 37.0 Å². The van der Waals surface area contributed by atoms with Crippen LogP contribution in [0.3, 0.4) is 0 Å². The van der Waals surface area contributed by atoms with Crippen molar-refractivity contribution in [2.45, 2.75) is 38.6 Å². The van der Waals surface area contributed by atoms with Crippen LogP contribution in [-0.4, -0.2) is 42.4 Å². The van der Waals surface area contributed by atoms with E-state index in [1.807, 2.05) is 29.2 Å². The average Bonchev–Trinajstić information content (AvgIpc) is 2.97. The number of hydrogen-bond donors (Lipinski definition) is 1. The molecule has 1 atom stereocenters. The Morgan fingerprint density at radius 2 is 1.87 bits per heavy atom. The molecule has 1 aromatic carbocycles. The maximum Gasteiger partial charge on any atom is 0.228 e. The summed E-state index contributed by atoms with van der Waals surface area (Å²) >= 11 is 0. The van der Waals surface area contributed by atoms with Crippen LogP contribution in [0.4, 0.5) is 5.69 Å². The van der Waals surface area contributed by atoms with Crippen molar-refractivity contribution >= 4 is 17.5 Å². The minimum absolute atomic E-state index is 0.0429. The van der Waals surface area contributed by atoms with Crippen LogP contribution in [0.5, 0.6) is 0 Å². The number of amides is 2. The number of carbonyl (C=O) groups excluding carboxylic acids is 2. The van der Waals surface area contributed by atoms with E-state index in [-0.39, 0.29) is 23.8 Å². The Kier molecular flexibility index (Phi) is 4.66. The molecule has 0 aliphatic carbocycles. The van der Waals surface area contributed by atoms with Gasteiger partial charge < -0.3 is 15.5 Å². The average molecular weight is 315 g/mol. The number of piperidine rings is 1. The SMILES string of the molecule is CCc1ccc(N2CC(C(=O)N3CCC(N)CC3)CC2=O)cc1. The van der Waals surface area contributed by atoms with E-state index < -0.39 is 0 Å². The molecule has 2 fully saturated rings. The number of hydrogen-bond acceptors (Lipinski definition) is 3. The molecule has 0 aromatic heterocycles. The third kappa shape index (κ3) is 3.39. The molecule has 124 valence electrons. The summed E-state index contributed by atoms with van der Waals surface area (Å²) in [6, 6.07) is 8.25. The highest BCUT2D eigenvalue weighted by Crippen LogP contribution is 2.27. The standard InChI is InChI=1S/C18H25N3O2/c1-2-13-3-5-16(6-4-13)21-12-14(11-17(21)22)18(23)20-9-7-15(19)8-10-20/h3-6,14-15H,2,7-12,19H2,1H3. The molecule has 0 radical (unpaired) electrons. The molecule has 23 heavy (non-hydrogen) atoms. The zero-order valence-corrected chi connectivity index (χ0v) is 13.7. The molecule has 2 aliphatic heterocycles. The van der Waals surface area contributed by atoms with Gasteiger partial charge in [0.25, 0.3) is 0 Å². The highest BCUT2D eigenvalue weighted by atomic mass is 16.2. The van der Waals surface area contributed by atoms with Crippen molar-refractivity contribution < 1.29 is 9.59 Å². The second kappa shape index (κ2) is 6.71. The van der Waals surface area contributed by atoms with E-state index in [1.54, 1.807) is 4.90 Å². The zero-order chi connectivity index (χ0) is 16.4. The number of rotatable bonds is 3. The van der Waals surface area contributed by atoms with Crippen LogP contribution >= 0.6 is 0 Å². The van der Waals surface area contributed by atoms with Gasteiger partial charge in [0.05, 0.1) is 5.92 Å². The Hall–Kier alpha value is -1.88. The summed E-state index contributed by atoms with van der Waals surface area (Å²) in [6.07, 6.45) is 3.01. The third-order valence-electron chi connectivity index (χ3n) is 4.98. The van der Waals surface area contributed by atoms with Crippen LogP contribution in [0.2, 0.25) is 0 Å². The fourth-order valence-electron chi connectivity index (χ4n) is 3.41. The monoisotopic (exact) mass is 315 g/mol. The molecule has 1 unspecified atom stereocenters. The summed E-state index contributed by atoms with van der Waals surface area (Å²) in [7, 11) is 0. The van der Waals surface area contributed by atoms with Gasteiger partial charge in [-0.1, -0.05) is 19.1 Å². The maximum atomic E-state index is 12.6. The van der Waals surface area contributed by atoms with Crippen molar-refractivity contribution in [3.05, 3.63) is 29.8 Å². The summed E-state index contributed by atoms with van der Waals surface area (Å²) < 4.78 is 0. The first kappa shape index (κ1) is 16.0. The lowest BCUT2D eigenvalue weighted by molar-refractivity contribution is -0.136. The van der Waals surface area contributed by atoms with Gasteiger partial charge in [-0.25, -0.2) is 0 Å². The van der Waals surface area contributed by atoms with E-state index in [9.17, 15) is 9.59 Å². The Morgan fingerprint density at radius 1 is 1.22 bits per heavy atom. The molecule has 2 N–H and O–H groups in total. The van der Waals surface area contributed by atoms with Crippen molar-refractivity contribution in [1.29, 1.82) is 0 Å². The van der Waals surface area contributed by atoms with Crippen LogP contribution in [0.15, 0.2) is 24.3 Å². The second-order valence-corrected chi connectivity index (χ2v) is 6.59. The van der Waals surface area contributed by atoms with Crippen LogP contribution in [0, 0.1) is 5.92 Å². The van der Waals surface area contributed by atoms with Gasteiger partial charge in [-0.2, -0.15) is 0 Å². The number of nitrogens with two attached hydrogens (primary N) is 1. The van der Waals surface area contributed by atoms with Crippen LogP contribution in [-0.2, 0) is 16.0 Å². The van der Waals surface area contributed by atoms with Crippen molar-refractivity contribution in [1.82, 2.24) is 4.90 Å². The number of nitrogens with zero attached hydrogens (tertiary/aromatic N) is 2. The van der Waals surface area contributed by atoms with E-state index in [0.717, 1.165) is 38.0 Å². The second-order valence-electron chi connectivity index (χ2n) is 6.59. The maximum absolute atomic E-state index is 12.6. The summed E-state index contributed by atoms with van der Waals surface area (Å²) in [5.74, 6) is -0.0677. The third-order valence-corrected chi connectivity index (χ3v) is 4.98. The highest BCUT2D eigenvalue weighted by Gasteiger charge is 2.37. The molecular weight excluding hydrogens is 290 g/mol. The number of likely N-dealkylation sites (tertiary alicyclic amines) is 1. The first-order chi connectivity index (χ1) is 11.1. The van der Waals surface area contributed by atoms with Gasteiger partial charge in [0.15, 0.2) is 0 Å². The fourth-order valence-corrected chi connectivity index (χ4v) is 3.41. The first-order valence-corrected chi connectivity index (χ1v) is 8.52. The lowest BCUT2D eigenvalue weighted by Gasteiger charge is -2.31. The van der Waals surface area contributed by atoms with E-state index in [0.29, 0.717) is 13.0 Å².